The Labute approximate surface area is 118 Å². The van der Waals surface area contributed by atoms with Crippen LogP contribution in [0.5, 0.6) is 5.75 Å². The van der Waals surface area contributed by atoms with Crippen molar-refractivity contribution in [3.63, 3.8) is 0 Å². The fraction of sp³-hybridized carbons (Fsp3) is 0.333. The Bertz CT molecular complexity index is 509. The molecular formula is C12H8F8O2. The SMILES string of the molecule is C=Cc1ccc(OC(F)(F)C(F)OC(F)(F)C(F)(F)F)cc1. The molecule has 22 heavy (non-hydrogen) atoms. The van der Waals surface area contributed by atoms with E-state index in [0.29, 0.717) is 5.56 Å². The van der Waals surface area contributed by atoms with Gasteiger partial charge in [-0.2, -0.15) is 30.7 Å². The minimum atomic E-state index is -6.35. The fourth-order valence-corrected chi connectivity index (χ4v) is 1.14. The van der Waals surface area contributed by atoms with Crippen LogP contribution in [0.15, 0.2) is 30.8 Å². The lowest BCUT2D eigenvalue weighted by Crippen LogP contribution is -2.48. The van der Waals surface area contributed by atoms with E-state index in [1.165, 1.54) is 18.2 Å². The zero-order valence-corrected chi connectivity index (χ0v) is 10.5. The van der Waals surface area contributed by atoms with Gasteiger partial charge < -0.3 is 4.74 Å². The van der Waals surface area contributed by atoms with Crippen molar-refractivity contribution in [3.05, 3.63) is 36.4 Å². The van der Waals surface area contributed by atoms with Gasteiger partial charge in [-0.1, -0.05) is 24.8 Å². The number of halogens is 8. The third-order valence-corrected chi connectivity index (χ3v) is 2.22. The van der Waals surface area contributed by atoms with Gasteiger partial charge in [0.05, 0.1) is 0 Å². The van der Waals surface area contributed by atoms with Gasteiger partial charge in [0, 0.05) is 0 Å². The maximum absolute atomic E-state index is 13.2. The normalized spacial score (nSPS) is 14.5. The van der Waals surface area contributed by atoms with Crippen molar-refractivity contribution in [1.29, 1.82) is 0 Å². The summed E-state index contributed by atoms with van der Waals surface area (Å²) >= 11 is 0. The van der Waals surface area contributed by atoms with Crippen molar-refractivity contribution in [2.24, 2.45) is 0 Å². The van der Waals surface area contributed by atoms with Crippen LogP contribution in [0.3, 0.4) is 0 Å². The molecule has 1 rings (SSSR count). The lowest BCUT2D eigenvalue weighted by atomic mass is 10.2. The van der Waals surface area contributed by atoms with Gasteiger partial charge in [0.15, 0.2) is 0 Å². The van der Waals surface area contributed by atoms with Crippen molar-refractivity contribution in [2.45, 2.75) is 24.8 Å². The van der Waals surface area contributed by atoms with Crippen LogP contribution >= 0.6 is 0 Å². The molecule has 1 atom stereocenters. The highest BCUT2D eigenvalue weighted by molar-refractivity contribution is 5.48. The summed E-state index contributed by atoms with van der Waals surface area (Å²) in [6, 6.07) is 4.27. The maximum Gasteiger partial charge on any atom is 0.483 e. The monoisotopic (exact) mass is 336 g/mol. The number of hydrogen-bond acceptors (Lipinski definition) is 2. The molecule has 0 saturated heterocycles. The zero-order chi connectivity index (χ0) is 17.2. The van der Waals surface area contributed by atoms with Crippen molar-refractivity contribution >= 4 is 6.08 Å². The van der Waals surface area contributed by atoms with E-state index in [1.807, 2.05) is 0 Å². The molecule has 2 nitrogen and oxygen atoms in total. The van der Waals surface area contributed by atoms with E-state index in [1.54, 1.807) is 0 Å². The molecule has 1 unspecified atom stereocenters. The predicted octanol–water partition coefficient (Wildman–Crippen LogP) is 4.77. The molecule has 124 valence electrons. The quantitative estimate of drug-likeness (QED) is 0.697. The third kappa shape index (κ3) is 4.33. The Morgan fingerprint density at radius 1 is 0.955 bits per heavy atom. The molecular weight excluding hydrogens is 328 g/mol. The first-order valence-corrected chi connectivity index (χ1v) is 5.45. The molecule has 0 aliphatic rings. The Morgan fingerprint density at radius 3 is 1.86 bits per heavy atom. The number of ether oxygens (including phenoxy) is 2. The van der Waals surface area contributed by atoms with Gasteiger partial charge in [-0.25, -0.2) is 4.39 Å². The van der Waals surface area contributed by atoms with Crippen molar-refractivity contribution in [2.75, 3.05) is 0 Å². The van der Waals surface area contributed by atoms with Gasteiger partial charge in [-0.3, -0.25) is 4.74 Å². The van der Waals surface area contributed by atoms with Gasteiger partial charge >= 0.3 is 24.8 Å². The van der Waals surface area contributed by atoms with Gasteiger partial charge in [-0.15, -0.1) is 0 Å². The summed E-state index contributed by atoms with van der Waals surface area (Å²) < 4.78 is 105. The van der Waals surface area contributed by atoms with E-state index in [0.717, 1.165) is 12.1 Å². The second-order valence-corrected chi connectivity index (χ2v) is 3.89. The van der Waals surface area contributed by atoms with Crippen LogP contribution < -0.4 is 4.74 Å². The predicted molar refractivity (Wildman–Crippen MR) is 59.1 cm³/mol. The van der Waals surface area contributed by atoms with E-state index in [-0.39, 0.29) is 0 Å². The first-order valence-electron chi connectivity index (χ1n) is 5.45. The average Bonchev–Trinajstić information content (AvgIpc) is 2.37. The van der Waals surface area contributed by atoms with E-state index >= 15 is 0 Å². The topological polar surface area (TPSA) is 18.5 Å². The van der Waals surface area contributed by atoms with Crippen LogP contribution in [0.25, 0.3) is 6.08 Å². The van der Waals surface area contributed by atoms with Crippen LogP contribution in [0.2, 0.25) is 0 Å². The highest BCUT2D eigenvalue weighted by Gasteiger charge is 2.64. The van der Waals surface area contributed by atoms with Crippen LogP contribution in [-0.2, 0) is 4.74 Å². The van der Waals surface area contributed by atoms with Crippen LogP contribution in [0.1, 0.15) is 5.56 Å². The number of rotatable bonds is 6. The van der Waals surface area contributed by atoms with Crippen LogP contribution in [0, 0.1) is 0 Å². The molecule has 10 heteroatoms. The lowest BCUT2D eigenvalue weighted by molar-refractivity contribution is -0.442. The van der Waals surface area contributed by atoms with Gasteiger partial charge in [0.1, 0.15) is 5.75 Å². The van der Waals surface area contributed by atoms with Crippen LogP contribution in [-0.4, -0.2) is 24.8 Å². The van der Waals surface area contributed by atoms with Crippen molar-refractivity contribution in [3.8, 4) is 5.75 Å². The summed E-state index contributed by atoms with van der Waals surface area (Å²) in [6.45, 7) is 3.37. The van der Waals surface area contributed by atoms with E-state index < -0.39 is 30.5 Å². The summed E-state index contributed by atoms with van der Waals surface area (Å²) in [5.74, 6) is -0.669. The molecule has 0 spiro atoms. The van der Waals surface area contributed by atoms with Crippen molar-refractivity contribution < 1.29 is 44.6 Å². The summed E-state index contributed by atoms with van der Waals surface area (Å²) in [7, 11) is 0. The van der Waals surface area contributed by atoms with Gasteiger partial charge in [0.25, 0.3) is 0 Å². The zero-order valence-electron chi connectivity index (χ0n) is 10.5. The first kappa shape index (κ1) is 18.2. The molecule has 0 fully saturated rings. The van der Waals surface area contributed by atoms with Crippen LogP contribution in [0.4, 0.5) is 35.1 Å². The molecule has 1 aromatic carbocycles. The maximum atomic E-state index is 13.2. The number of alkyl halides is 8. The Kier molecular flexibility index (Phi) is 5.06. The molecule has 0 radical (unpaired) electrons. The smallest absolute Gasteiger partial charge is 0.429 e. The summed E-state index contributed by atoms with van der Waals surface area (Å²) in [5, 5.41) is 0. The molecule has 0 aliphatic carbocycles. The molecule has 0 heterocycles. The summed E-state index contributed by atoms with van der Waals surface area (Å²) in [4.78, 5) is 0. The molecule has 0 saturated carbocycles. The first-order chi connectivity index (χ1) is 9.89. The standard InChI is InChI=1S/C12H8F8O2/c1-2-7-3-5-8(6-4-7)21-10(14,15)9(13)22-12(19,20)11(16,17)18/h2-6,9H,1H2. The molecule has 0 bridgehead atoms. The minimum absolute atomic E-state index is 0.479. The average molecular weight is 336 g/mol. The van der Waals surface area contributed by atoms with Gasteiger partial charge in [0.2, 0.25) is 0 Å². The van der Waals surface area contributed by atoms with E-state index in [9.17, 15) is 35.1 Å². The Balaban J connectivity index is 2.81. The highest BCUT2D eigenvalue weighted by atomic mass is 19.4. The number of benzene rings is 1. The molecule has 0 amide bonds. The molecule has 0 aliphatic heterocycles. The molecule has 0 N–H and O–H groups in total. The van der Waals surface area contributed by atoms with E-state index in [4.69, 9.17) is 0 Å². The minimum Gasteiger partial charge on any atom is -0.429 e. The molecule has 1 aromatic rings. The van der Waals surface area contributed by atoms with Crippen molar-refractivity contribution in [1.82, 2.24) is 0 Å². The fourth-order valence-electron chi connectivity index (χ4n) is 1.14. The highest BCUT2D eigenvalue weighted by Crippen LogP contribution is 2.40. The Hall–Kier alpha value is -1.84. The second kappa shape index (κ2) is 6.11. The largest absolute Gasteiger partial charge is 0.483 e. The van der Waals surface area contributed by atoms with E-state index in [2.05, 4.69) is 16.1 Å². The van der Waals surface area contributed by atoms with Gasteiger partial charge in [-0.05, 0) is 17.7 Å². The summed E-state index contributed by atoms with van der Waals surface area (Å²) in [5.41, 5.74) is 0.479. The molecule has 0 aromatic heterocycles. The lowest BCUT2D eigenvalue weighted by Gasteiger charge is -2.26. The number of hydrogen-bond donors (Lipinski definition) is 0. The third-order valence-electron chi connectivity index (χ3n) is 2.22. The Morgan fingerprint density at radius 2 is 1.45 bits per heavy atom. The second-order valence-electron chi connectivity index (χ2n) is 3.89. The summed E-state index contributed by atoms with van der Waals surface area (Å²) in [6.07, 6.45) is -20.5.